The number of amides is 1. The van der Waals surface area contributed by atoms with Gasteiger partial charge in [0.2, 0.25) is 0 Å². The van der Waals surface area contributed by atoms with Crippen LogP contribution in [0.5, 0.6) is 0 Å². The van der Waals surface area contributed by atoms with Crippen LogP contribution in [0.15, 0.2) is 54.6 Å². The summed E-state index contributed by atoms with van der Waals surface area (Å²) in [6.07, 6.45) is 0. The molecule has 3 rings (SSSR count). The van der Waals surface area contributed by atoms with Crippen LogP contribution in [0, 0.1) is 0 Å². The van der Waals surface area contributed by atoms with Crippen molar-refractivity contribution < 1.29 is 4.79 Å². The van der Waals surface area contributed by atoms with Gasteiger partial charge in [-0.25, -0.2) is 4.98 Å². The van der Waals surface area contributed by atoms with Crippen molar-refractivity contribution in [1.82, 2.24) is 9.88 Å². The Hall–Kier alpha value is -2.10. The van der Waals surface area contributed by atoms with E-state index in [1.807, 2.05) is 43.3 Å². The van der Waals surface area contributed by atoms with Gasteiger partial charge in [0.25, 0.3) is 5.91 Å². The minimum Gasteiger partial charge on any atom is -0.333 e. The highest BCUT2D eigenvalue weighted by Gasteiger charge is 2.16. The molecule has 0 bridgehead atoms. The Kier molecular flexibility index (Phi) is 5.03. The number of para-hydroxylation sites is 1. The van der Waals surface area contributed by atoms with E-state index in [0.717, 1.165) is 16.5 Å². The van der Waals surface area contributed by atoms with Crippen molar-refractivity contribution >= 4 is 40.0 Å². The summed E-state index contributed by atoms with van der Waals surface area (Å²) in [5.74, 6) is -0.102. The van der Waals surface area contributed by atoms with Crippen molar-refractivity contribution in [2.75, 3.05) is 6.54 Å². The zero-order valence-corrected chi connectivity index (χ0v) is 14.7. The Balaban J connectivity index is 1.85. The summed E-state index contributed by atoms with van der Waals surface area (Å²) in [6, 6.07) is 16.8. The Morgan fingerprint density at radius 1 is 1.04 bits per heavy atom. The van der Waals surface area contributed by atoms with Gasteiger partial charge < -0.3 is 4.90 Å². The Morgan fingerprint density at radius 3 is 2.58 bits per heavy atom. The number of aromatic nitrogens is 1. The fourth-order valence-corrected chi connectivity index (χ4v) is 2.85. The number of nitrogens with zero attached hydrogens (tertiary/aromatic N) is 2. The molecule has 5 heteroatoms. The lowest BCUT2D eigenvalue weighted by Gasteiger charge is -2.21. The number of carbonyl (C=O) groups excluding carboxylic acids is 1. The van der Waals surface area contributed by atoms with Gasteiger partial charge in [-0.3, -0.25) is 4.79 Å². The third-order valence-corrected chi connectivity index (χ3v) is 4.58. The number of rotatable bonds is 4. The lowest BCUT2D eigenvalue weighted by atomic mass is 10.1. The molecule has 0 aliphatic heterocycles. The van der Waals surface area contributed by atoms with Crippen LogP contribution in [0.25, 0.3) is 10.9 Å². The monoisotopic (exact) mass is 358 g/mol. The summed E-state index contributed by atoms with van der Waals surface area (Å²) >= 11 is 12.0. The van der Waals surface area contributed by atoms with E-state index in [1.54, 1.807) is 23.1 Å². The quantitative estimate of drug-likeness (QED) is 0.641. The SMILES string of the molecule is CCN(Cc1ccc(Cl)c(Cl)c1)C(=O)c1ccc2ccccc2n1. The van der Waals surface area contributed by atoms with Gasteiger partial charge in [-0.1, -0.05) is 53.5 Å². The van der Waals surface area contributed by atoms with E-state index in [9.17, 15) is 4.79 Å². The summed E-state index contributed by atoms with van der Waals surface area (Å²) in [5, 5.41) is 2.01. The Labute approximate surface area is 150 Å². The molecule has 3 nitrogen and oxygen atoms in total. The normalized spacial score (nSPS) is 10.8. The first kappa shape index (κ1) is 16.7. The molecule has 0 aliphatic rings. The zero-order valence-electron chi connectivity index (χ0n) is 13.2. The predicted octanol–water partition coefficient (Wildman–Crippen LogP) is 5.20. The maximum atomic E-state index is 12.8. The number of hydrogen-bond acceptors (Lipinski definition) is 2. The Bertz CT molecular complexity index is 895. The number of halogens is 2. The van der Waals surface area contributed by atoms with Gasteiger partial charge in [0.05, 0.1) is 15.6 Å². The lowest BCUT2D eigenvalue weighted by molar-refractivity contribution is 0.0747. The summed E-state index contributed by atoms with van der Waals surface area (Å²) in [5.41, 5.74) is 2.19. The van der Waals surface area contributed by atoms with Crippen LogP contribution in [-0.2, 0) is 6.54 Å². The average Bonchev–Trinajstić information content (AvgIpc) is 2.61. The van der Waals surface area contributed by atoms with Gasteiger partial charge in [-0.05, 0) is 36.8 Å². The number of pyridine rings is 1. The molecule has 0 atom stereocenters. The lowest BCUT2D eigenvalue weighted by Crippen LogP contribution is -2.31. The van der Waals surface area contributed by atoms with Gasteiger partial charge in [-0.2, -0.15) is 0 Å². The van der Waals surface area contributed by atoms with Crippen LogP contribution in [0.4, 0.5) is 0 Å². The second kappa shape index (κ2) is 7.20. The van der Waals surface area contributed by atoms with Gasteiger partial charge in [0.1, 0.15) is 5.69 Å². The van der Waals surface area contributed by atoms with Crippen LogP contribution < -0.4 is 0 Å². The van der Waals surface area contributed by atoms with E-state index in [4.69, 9.17) is 23.2 Å². The van der Waals surface area contributed by atoms with E-state index >= 15 is 0 Å². The molecule has 1 amide bonds. The number of hydrogen-bond donors (Lipinski definition) is 0. The van der Waals surface area contributed by atoms with Gasteiger partial charge in [0.15, 0.2) is 0 Å². The molecule has 1 aromatic heterocycles. The molecule has 0 radical (unpaired) electrons. The number of benzene rings is 2. The highest BCUT2D eigenvalue weighted by atomic mass is 35.5. The van der Waals surface area contributed by atoms with E-state index in [1.165, 1.54) is 0 Å². The highest BCUT2D eigenvalue weighted by Crippen LogP contribution is 2.23. The molecule has 0 saturated carbocycles. The minimum atomic E-state index is -0.102. The van der Waals surface area contributed by atoms with E-state index in [0.29, 0.717) is 28.8 Å². The highest BCUT2D eigenvalue weighted by molar-refractivity contribution is 6.42. The molecular weight excluding hydrogens is 343 g/mol. The molecule has 0 spiro atoms. The fourth-order valence-electron chi connectivity index (χ4n) is 2.53. The largest absolute Gasteiger partial charge is 0.333 e. The van der Waals surface area contributed by atoms with Crippen LogP contribution >= 0.6 is 23.2 Å². The van der Waals surface area contributed by atoms with Gasteiger partial charge in [0, 0.05) is 18.5 Å². The third kappa shape index (κ3) is 3.53. The maximum Gasteiger partial charge on any atom is 0.272 e. The third-order valence-electron chi connectivity index (χ3n) is 3.84. The summed E-state index contributed by atoms with van der Waals surface area (Å²) < 4.78 is 0. The van der Waals surface area contributed by atoms with Crippen molar-refractivity contribution in [2.45, 2.75) is 13.5 Å². The molecular formula is C19H16Cl2N2O. The molecule has 0 aliphatic carbocycles. The molecule has 0 saturated heterocycles. The molecule has 0 fully saturated rings. The first-order chi connectivity index (χ1) is 11.6. The summed E-state index contributed by atoms with van der Waals surface area (Å²) in [6.45, 7) is 2.98. The second-order valence-electron chi connectivity index (χ2n) is 5.46. The van der Waals surface area contributed by atoms with Crippen molar-refractivity contribution in [3.05, 3.63) is 75.9 Å². The van der Waals surface area contributed by atoms with Crippen molar-refractivity contribution in [3.8, 4) is 0 Å². The molecule has 1 heterocycles. The molecule has 0 unspecified atom stereocenters. The first-order valence-electron chi connectivity index (χ1n) is 7.67. The number of carbonyl (C=O) groups is 1. The summed E-state index contributed by atoms with van der Waals surface area (Å²) in [4.78, 5) is 19.0. The topological polar surface area (TPSA) is 33.2 Å². The average molecular weight is 359 g/mol. The fraction of sp³-hybridized carbons (Fsp3) is 0.158. The molecule has 3 aromatic rings. The maximum absolute atomic E-state index is 12.8. The molecule has 2 aromatic carbocycles. The smallest absolute Gasteiger partial charge is 0.272 e. The molecule has 0 N–H and O–H groups in total. The van der Waals surface area contributed by atoms with Crippen molar-refractivity contribution in [1.29, 1.82) is 0 Å². The van der Waals surface area contributed by atoms with Crippen LogP contribution in [0.1, 0.15) is 23.0 Å². The van der Waals surface area contributed by atoms with Crippen LogP contribution in [-0.4, -0.2) is 22.3 Å². The van der Waals surface area contributed by atoms with Crippen molar-refractivity contribution in [2.24, 2.45) is 0 Å². The second-order valence-corrected chi connectivity index (χ2v) is 6.27. The zero-order chi connectivity index (χ0) is 17.1. The molecule has 122 valence electrons. The number of fused-ring (bicyclic) bond motifs is 1. The van der Waals surface area contributed by atoms with E-state index in [-0.39, 0.29) is 5.91 Å². The first-order valence-corrected chi connectivity index (χ1v) is 8.43. The van der Waals surface area contributed by atoms with E-state index < -0.39 is 0 Å². The van der Waals surface area contributed by atoms with Crippen LogP contribution in [0.2, 0.25) is 10.0 Å². The minimum absolute atomic E-state index is 0.102. The predicted molar refractivity (Wildman–Crippen MR) is 98.6 cm³/mol. The van der Waals surface area contributed by atoms with Gasteiger partial charge in [-0.15, -0.1) is 0 Å². The molecule has 24 heavy (non-hydrogen) atoms. The van der Waals surface area contributed by atoms with Crippen LogP contribution in [0.3, 0.4) is 0 Å². The summed E-state index contributed by atoms with van der Waals surface area (Å²) in [7, 11) is 0. The van der Waals surface area contributed by atoms with Crippen molar-refractivity contribution in [3.63, 3.8) is 0 Å². The Morgan fingerprint density at radius 2 is 1.83 bits per heavy atom. The standard InChI is InChI=1S/C19H16Cl2N2O/c1-2-23(12-13-7-9-15(20)16(21)11-13)19(24)18-10-8-14-5-3-4-6-17(14)22-18/h3-11H,2,12H2,1H3. The van der Waals surface area contributed by atoms with E-state index in [2.05, 4.69) is 4.98 Å². The van der Waals surface area contributed by atoms with Gasteiger partial charge >= 0.3 is 0 Å².